The predicted octanol–water partition coefficient (Wildman–Crippen LogP) is 9.61. The number of benzene rings is 6. The lowest BCUT2D eigenvalue weighted by molar-refractivity contribution is 0.794. The van der Waals surface area contributed by atoms with Crippen LogP contribution in [0.1, 0.15) is 22.3 Å². The third kappa shape index (κ3) is 2.44. The second kappa shape index (κ2) is 7.29. The molecule has 0 nitrogen and oxygen atoms in total. The fourth-order valence-corrected chi connectivity index (χ4v) is 7.33. The normalized spacial score (nSPS) is 16.6. The smallest absolute Gasteiger partial charge is 0.0622 e. The molecule has 0 radical (unpaired) electrons. The Balaban J connectivity index is 1.57. The summed E-state index contributed by atoms with van der Waals surface area (Å²) in [4.78, 5) is 0. The van der Waals surface area contributed by atoms with Crippen molar-refractivity contribution in [3.63, 3.8) is 0 Å². The van der Waals surface area contributed by atoms with Gasteiger partial charge in [-0.15, -0.1) is 0 Å². The average Bonchev–Trinajstić information content (AvgIpc) is 3.40. The quantitative estimate of drug-likeness (QED) is 0.202. The van der Waals surface area contributed by atoms with E-state index in [4.69, 9.17) is 0 Å². The number of hydrogen-bond acceptors (Lipinski definition) is 0. The van der Waals surface area contributed by atoms with Crippen LogP contribution < -0.4 is 0 Å². The first kappa shape index (κ1) is 20.3. The van der Waals surface area contributed by atoms with Crippen LogP contribution in [0.15, 0.2) is 132 Å². The van der Waals surface area contributed by atoms with Crippen LogP contribution >= 0.6 is 15.9 Å². The van der Waals surface area contributed by atoms with E-state index < -0.39 is 0 Å². The van der Waals surface area contributed by atoms with Crippen molar-refractivity contribution in [1.29, 1.82) is 0 Å². The van der Waals surface area contributed by atoms with Gasteiger partial charge in [0.2, 0.25) is 0 Å². The Labute approximate surface area is 219 Å². The van der Waals surface area contributed by atoms with Crippen molar-refractivity contribution in [1.82, 2.24) is 0 Å². The van der Waals surface area contributed by atoms with Gasteiger partial charge in [-0.25, -0.2) is 0 Å². The molecule has 0 aromatic heterocycles. The van der Waals surface area contributed by atoms with Crippen LogP contribution in [0.3, 0.4) is 0 Å². The molecule has 1 unspecified atom stereocenters. The van der Waals surface area contributed by atoms with Crippen LogP contribution in [0.25, 0.3) is 44.2 Å². The Hall–Kier alpha value is -3.94. The summed E-state index contributed by atoms with van der Waals surface area (Å²) in [6.45, 7) is 0. The van der Waals surface area contributed by atoms with Gasteiger partial charge in [-0.2, -0.15) is 0 Å². The molecule has 0 bridgehead atoms. The molecule has 0 N–H and O–H groups in total. The fourth-order valence-electron chi connectivity index (χ4n) is 6.76. The summed E-state index contributed by atoms with van der Waals surface area (Å²) in [7, 11) is 0. The van der Waals surface area contributed by atoms with Crippen molar-refractivity contribution in [2.45, 2.75) is 5.41 Å². The highest BCUT2D eigenvalue weighted by molar-refractivity contribution is 9.10. The lowest BCUT2D eigenvalue weighted by Crippen LogP contribution is -2.26. The van der Waals surface area contributed by atoms with Crippen LogP contribution in [0.5, 0.6) is 0 Å². The number of hydrogen-bond donors (Lipinski definition) is 0. The van der Waals surface area contributed by atoms with Crippen LogP contribution in [0.2, 0.25) is 0 Å². The van der Waals surface area contributed by atoms with Crippen LogP contribution in [-0.4, -0.2) is 0 Å². The Morgan fingerprint density at radius 3 is 1.83 bits per heavy atom. The Morgan fingerprint density at radius 2 is 1.03 bits per heavy atom. The van der Waals surface area contributed by atoms with Gasteiger partial charge in [0.15, 0.2) is 0 Å². The first-order valence-electron chi connectivity index (χ1n) is 12.4. The Morgan fingerprint density at radius 1 is 0.417 bits per heavy atom. The number of halogens is 1. The third-order valence-electron chi connectivity index (χ3n) is 8.15. The van der Waals surface area contributed by atoms with Gasteiger partial charge >= 0.3 is 0 Å². The highest BCUT2D eigenvalue weighted by atomic mass is 79.9. The lowest BCUT2D eigenvalue weighted by atomic mass is 9.70. The molecule has 8 rings (SSSR count). The molecule has 6 aromatic rings. The van der Waals surface area contributed by atoms with Crippen LogP contribution in [-0.2, 0) is 5.41 Å². The van der Waals surface area contributed by atoms with Crippen molar-refractivity contribution in [2.75, 3.05) is 0 Å². The van der Waals surface area contributed by atoms with Gasteiger partial charge in [-0.05, 0) is 78.5 Å². The maximum Gasteiger partial charge on any atom is 0.0726 e. The van der Waals surface area contributed by atoms with Crippen molar-refractivity contribution in [2.24, 2.45) is 0 Å². The molecule has 0 fully saturated rings. The lowest BCUT2D eigenvalue weighted by Gasteiger charge is -2.31. The molecule has 2 aliphatic carbocycles. The molecule has 0 saturated heterocycles. The van der Waals surface area contributed by atoms with E-state index in [9.17, 15) is 0 Å². The zero-order chi connectivity index (χ0) is 23.9. The molecule has 0 amide bonds. The molecule has 0 saturated carbocycles. The second-order valence-electron chi connectivity index (χ2n) is 9.79. The molecular formula is C35H21Br. The molecular weight excluding hydrogens is 500 g/mol. The molecule has 36 heavy (non-hydrogen) atoms. The van der Waals surface area contributed by atoms with E-state index in [0.717, 1.165) is 4.47 Å². The summed E-state index contributed by atoms with van der Waals surface area (Å²) < 4.78 is 1.15. The van der Waals surface area contributed by atoms with E-state index in [2.05, 4.69) is 143 Å². The van der Waals surface area contributed by atoms with E-state index in [-0.39, 0.29) is 5.41 Å². The van der Waals surface area contributed by atoms with Gasteiger partial charge in [-0.1, -0.05) is 131 Å². The van der Waals surface area contributed by atoms with E-state index in [1.807, 2.05) is 0 Å². The largest absolute Gasteiger partial charge is 0.0726 e. The van der Waals surface area contributed by atoms with Crippen molar-refractivity contribution < 1.29 is 0 Å². The molecule has 2 aliphatic rings. The molecule has 6 aromatic carbocycles. The van der Waals surface area contributed by atoms with Gasteiger partial charge in [0.1, 0.15) is 0 Å². The molecule has 1 heteroatoms. The van der Waals surface area contributed by atoms with E-state index in [1.54, 1.807) is 0 Å². The maximum atomic E-state index is 3.96. The first-order valence-corrected chi connectivity index (χ1v) is 13.2. The SMILES string of the molecule is Brc1cc2c(c3ccccc13)-c1ccccc1C21c2ccccc2-c2ccc(-c3ccccc3)cc21. The van der Waals surface area contributed by atoms with Crippen LogP contribution in [0.4, 0.5) is 0 Å². The number of fused-ring (bicyclic) bond motifs is 12. The highest BCUT2D eigenvalue weighted by Crippen LogP contribution is 2.64. The summed E-state index contributed by atoms with van der Waals surface area (Å²) in [5, 5.41) is 2.56. The highest BCUT2D eigenvalue weighted by Gasteiger charge is 2.52. The molecule has 1 atom stereocenters. The first-order chi connectivity index (χ1) is 17.8. The minimum absolute atomic E-state index is 0.352. The predicted molar refractivity (Wildman–Crippen MR) is 153 cm³/mol. The van der Waals surface area contributed by atoms with Crippen molar-refractivity contribution in [3.8, 4) is 33.4 Å². The van der Waals surface area contributed by atoms with E-state index in [0.29, 0.717) is 0 Å². The zero-order valence-electron chi connectivity index (χ0n) is 19.5. The van der Waals surface area contributed by atoms with Gasteiger partial charge in [-0.3, -0.25) is 0 Å². The van der Waals surface area contributed by atoms with E-state index >= 15 is 0 Å². The summed E-state index contributed by atoms with van der Waals surface area (Å²) in [5.74, 6) is 0. The molecule has 168 valence electrons. The minimum atomic E-state index is -0.352. The van der Waals surface area contributed by atoms with E-state index in [1.165, 1.54) is 66.4 Å². The van der Waals surface area contributed by atoms with Crippen LogP contribution in [0, 0.1) is 0 Å². The minimum Gasteiger partial charge on any atom is -0.0622 e. The maximum absolute atomic E-state index is 3.96. The Bertz CT molecular complexity index is 1850. The molecule has 0 heterocycles. The number of rotatable bonds is 1. The standard InChI is InChI=1S/C35H21Br/c36-33-21-32-34(27-14-5-4-13-26(27)33)28-15-7-9-17-30(28)35(32)29-16-8-6-12-24(29)25-19-18-23(20-31(25)35)22-10-2-1-3-11-22/h1-21H. The summed E-state index contributed by atoms with van der Waals surface area (Å²) in [5.41, 5.74) is 13.0. The van der Waals surface area contributed by atoms with Gasteiger partial charge in [0.05, 0.1) is 5.41 Å². The average molecular weight is 521 g/mol. The molecule has 1 spiro atoms. The molecule has 0 aliphatic heterocycles. The third-order valence-corrected chi connectivity index (χ3v) is 8.81. The fraction of sp³-hybridized carbons (Fsp3) is 0.0286. The topological polar surface area (TPSA) is 0 Å². The summed E-state index contributed by atoms with van der Waals surface area (Å²) >= 11 is 3.96. The zero-order valence-corrected chi connectivity index (χ0v) is 21.1. The van der Waals surface area contributed by atoms with Crippen molar-refractivity contribution in [3.05, 3.63) is 154 Å². The monoisotopic (exact) mass is 520 g/mol. The van der Waals surface area contributed by atoms with Gasteiger partial charge < -0.3 is 0 Å². The van der Waals surface area contributed by atoms with Gasteiger partial charge in [0, 0.05) is 4.47 Å². The Kier molecular flexibility index (Phi) is 4.10. The van der Waals surface area contributed by atoms with Crippen molar-refractivity contribution >= 4 is 26.7 Å². The summed E-state index contributed by atoms with van der Waals surface area (Å²) in [6.07, 6.45) is 0. The summed E-state index contributed by atoms with van der Waals surface area (Å²) in [6, 6.07) is 47.0. The van der Waals surface area contributed by atoms with Gasteiger partial charge in [0.25, 0.3) is 0 Å². The second-order valence-corrected chi connectivity index (χ2v) is 10.6.